The fraction of sp³-hybridized carbons (Fsp3) is 0.800. The number of esters is 1. The Labute approximate surface area is 111 Å². The number of carbonyl (C=O) groups excluding carboxylic acids is 1. The molecule has 104 valence electrons. The first-order valence-electron chi connectivity index (χ1n) is 6.51. The lowest BCUT2D eigenvalue weighted by Gasteiger charge is -2.42. The third-order valence-corrected chi connectivity index (χ3v) is 2.59. The average molecular weight is 254 g/mol. The molecule has 0 aromatic carbocycles. The highest BCUT2D eigenvalue weighted by Crippen LogP contribution is 2.37. The Bertz CT molecular complexity index is 338. The molecule has 0 unspecified atom stereocenters. The maximum absolute atomic E-state index is 11.8. The lowest BCUT2D eigenvalue weighted by molar-refractivity contribution is -0.149. The maximum atomic E-state index is 11.8. The molecule has 18 heavy (non-hydrogen) atoms. The van der Waals surface area contributed by atoms with Gasteiger partial charge < -0.3 is 9.47 Å². The zero-order chi connectivity index (χ0) is 14.2. The molecule has 0 amide bonds. The minimum atomic E-state index is -0.440. The molecular weight excluding hydrogens is 228 g/mol. The van der Waals surface area contributed by atoms with Crippen LogP contribution in [0.3, 0.4) is 0 Å². The molecule has 0 spiro atoms. The van der Waals surface area contributed by atoms with Crippen LogP contribution in [0.1, 0.15) is 61.3 Å². The van der Waals surface area contributed by atoms with Crippen molar-refractivity contribution in [1.29, 1.82) is 0 Å². The Kier molecular flexibility index (Phi) is 3.97. The van der Waals surface area contributed by atoms with Gasteiger partial charge in [0, 0.05) is 6.08 Å². The van der Waals surface area contributed by atoms with Crippen LogP contribution in [-0.2, 0) is 14.3 Å². The summed E-state index contributed by atoms with van der Waals surface area (Å²) in [6, 6.07) is 0. The molecule has 1 fully saturated rings. The Morgan fingerprint density at radius 1 is 1.17 bits per heavy atom. The van der Waals surface area contributed by atoms with Crippen molar-refractivity contribution >= 4 is 5.97 Å². The van der Waals surface area contributed by atoms with Crippen molar-refractivity contribution in [1.82, 2.24) is 0 Å². The fourth-order valence-corrected chi connectivity index (χ4v) is 2.58. The molecular formula is C15H26O3. The van der Waals surface area contributed by atoms with Gasteiger partial charge in [0.2, 0.25) is 0 Å². The molecule has 1 rings (SSSR count). The Morgan fingerprint density at radius 3 is 2.00 bits per heavy atom. The van der Waals surface area contributed by atoms with Crippen LogP contribution in [0.5, 0.6) is 0 Å². The summed E-state index contributed by atoms with van der Waals surface area (Å²) < 4.78 is 11.3. The second kappa shape index (κ2) is 4.69. The summed E-state index contributed by atoms with van der Waals surface area (Å²) in [4.78, 5) is 11.8. The van der Waals surface area contributed by atoms with Gasteiger partial charge >= 0.3 is 5.97 Å². The van der Waals surface area contributed by atoms with E-state index in [0.717, 1.165) is 18.4 Å². The lowest BCUT2D eigenvalue weighted by Crippen LogP contribution is -2.42. The van der Waals surface area contributed by atoms with E-state index in [4.69, 9.17) is 9.47 Å². The predicted octanol–water partition coefficient (Wildman–Crippen LogP) is 3.62. The lowest BCUT2D eigenvalue weighted by atomic mass is 9.85. The van der Waals surface area contributed by atoms with Crippen LogP contribution in [0.25, 0.3) is 0 Å². The van der Waals surface area contributed by atoms with Crippen LogP contribution in [0.4, 0.5) is 0 Å². The van der Waals surface area contributed by atoms with E-state index >= 15 is 0 Å². The van der Waals surface area contributed by atoms with E-state index in [1.165, 1.54) is 0 Å². The molecule has 0 N–H and O–H groups in total. The van der Waals surface area contributed by atoms with Crippen molar-refractivity contribution in [2.75, 3.05) is 0 Å². The van der Waals surface area contributed by atoms with Crippen molar-refractivity contribution < 1.29 is 14.3 Å². The zero-order valence-corrected chi connectivity index (χ0v) is 12.7. The second-order valence-electron chi connectivity index (χ2n) is 7.31. The van der Waals surface area contributed by atoms with Crippen molar-refractivity contribution in [3.63, 3.8) is 0 Å². The molecule has 0 atom stereocenters. The quantitative estimate of drug-likeness (QED) is 0.529. The zero-order valence-electron chi connectivity index (χ0n) is 12.7. The molecule has 0 aromatic rings. The van der Waals surface area contributed by atoms with Crippen molar-refractivity contribution in [3.05, 3.63) is 11.6 Å². The van der Waals surface area contributed by atoms with E-state index in [2.05, 4.69) is 27.7 Å². The van der Waals surface area contributed by atoms with E-state index in [0.29, 0.717) is 0 Å². The Hall–Kier alpha value is -0.830. The molecule has 0 bridgehead atoms. The molecule has 1 aliphatic rings. The maximum Gasteiger partial charge on any atom is 0.331 e. The van der Waals surface area contributed by atoms with Crippen molar-refractivity contribution in [3.8, 4) is 0 Å². The molecule has 3 nitrogen and oxygen atoms in total. The number of hydrogen-bond donors (Lipinski definition) is 0. The van der Waals surface area contributed by atoms with Gasteiger partial charge in [-0.1, -0.05) is 5.57 Å². The van der Waals surface area contributed by atoms with Gasteiger partial charge in [-0.25, -0.2) is 4.79 Å². The SMILES string of the molecule is CC(C)(C)OC(=O)C=C1CC(C)(C)OC(C)(C)C1. The van der Waals surface area contributed by atoms with E-state index in [1.54, 1.807) is 6.08 Å². The first kappa shape index (κ1) is 15.2. The van der Waals surface area contributed by atoms with Crippen molar-refractivity contribution in [2.45, 2.75) is 78.1 Å². The van der Waals surface area contributed by atoms with Crippen LogP contribution >= 0.6 is 0 Å². The molecule has 0 aromatic heterocycles. The van der Waals surface area contributed by atoms with Crippen molar-refractivity contribution in [2.24, 2.45) is 0 Å². The summed E-state index contributed by atoms with van der Waals surface area (Å²) in [7, 11) is 0. The molecule has 1 heterocycles. The smallest absolute Gasteiger partial charge is 0.331 e. The molecule has 0 aliphatic carbocycles. The topological polar surface area (TPSA) is 35.5 Å². The molecule has 0 radical (unpaired) electrons. The molecule has 1 saturated heterocycles. The third-order valence-electron chi connectivity index (χ3n) is 2.59. The minimum absolute atomic E-state index is 0.227. The van der Waals surface area contributed by atoms with Gasteiger partial charge in [-0.2, -0.15) is 0 Å². The van der Waals surface area contributed by atoms with Gasteiger partial charge in [-0.3, -0.25) is 0 Å². The normalized spacial score (nSPS) is 22.5. The second-order valence-corrected chi connectivity index (χ2v) is 7.31. The monoisotopic (exact) mass is 254 g/mol. The third kappa shape index (κ3) is 5.21. The summed E-state index contributed by atoms with van der Waals surface area (Å²) in [5.74, 6) is -0.258. The van der Waals surface area contributed by atoms with Gasteiger partial charge in [0.25, 0.3) is 0 Å². The summed E-state index contributed by atoms with van der Waals surface area (Å²) in [5.41, 5.74) is 0.209. The van der Waals surface area contributed by atoms with Gasteiger partial charge in [0.05, 0.1) is 11.2 Å². The number of hydrogen-bond acceptors (Lipinski definition) is 3. The number of carbonyl (C=O) groups is 1. The first-order chi connectivity index (χ1) is 7.89. The average Bonchev–Trinajstić information content (AvgIpc) is 1.90. The van der Waals surface area contributed by atoms with Gasteiger partial charge in [-0.15, -0.1) is 0 Å². The van der Waals surface area contributed by atoms with E-state index in [1.807, 2.05) is 20.8 Å². The van der Waals surface area contributed by atoms with Crippen LogP contribution in [0.2, 0.25) is 0 Å². The van der Waals surface area contributed by atoms with Crippen LogP contribution in [0.15, 0.2) is 11.6 Å². The number of rotatable bonds is 1. The summed E-state index contributed by atoms with van der Waals surface area (Å²) in [6.45, 7) is 13.8. The van der Waals surface area contributed by atoms with Gasteiger partial charge in [0.15, 0.2) is 0 Å². The Balaban J connectivity index is 2.79. The summed E-state index contributed by atoms with van der Waals surface area (Å²) in [5, 5.41) is 0. The number of ether oxygens (including phenoxy) is 2. The van der Waals surface area contributed by atoms with Crippen LogP contribution < -0.4 is 0 Å². The highest BCUT2D eigenvalue weighted by Gasteiger charge is 2.36. The molecule has 1 aliphatic heterocycles. The minimum Gasteiger partial charge on any atom is -0.457 e. The highest BCUT2D eigenvalue weighted by molar-refractivity contribution is 5.83. The fourth-order valence-electron chi connectivity index (χ4n) is 2.58. The predicted molar refractivity (Wildman–Crippen MR) is 72.4 cm³/mol. The van der Waals surface area contributed by atoms with E-state index in [-0.39, 0.29) is 17.2 Å². The van der Waals surface area contributed by atoms with Crippen LogP contribution in [0, 0.1) is 0 Å². The Morgan fingerprint density at radius 2 is 1.61 bits per heavy atom. The van der Waals surface area contributed by atoms with E-state index in [9.17, 15) is 4.79 Å². The largest absolute Gasteiger partial charge is 0.457 e. The van der Waals surface area contributed by atoms with Crippen LogP contribution in [-0.4, -0.2) is 22.8 Å². The summed E-state index contributed by atoms with van der Waals surface area (Å²) >= 11 is 0. The highest BCUT2D eigenvalue weighted by atomic mass is 16.6. The van der Waals surface area contributed by atoms with Gasteiger partial charge in [-0.05, 0) is 61.3 Å². The van der Waals surface area contributed by atoms with E-state index < -0.39 is 5.60 Å². The first-order valence-corrected chi connectivity index (χ1v) is 6.51. The van der Waals surface area contributed by atoms with Gasteiger partial charge in [0.1, 0.15) is 5.60 Å². The summed E-state index contributed by atoms with van der Waals surface area (Å²) in [6.07, 6.45) is 3.18. The standard InChI is InChI=1S/C15H26O3/c1-13(2,3)17-12(16)8-11-9-14(4,5)18-15(6,7)10-11/h8H,9-10H2,1-7H3. The molecule has 3 heteroatoms. The molecule has 0 saturated carbocycles.